The van der Waals surface area contributed by atoms with Gasteiger partial charge < -0.3 is 24.4 Å². The third-order valence-corrected chi connectivity index (χ3v) is 10.5. The summed E-state index contributed by atoms with van der Waals surface area (Å²) in [5.41, 5.74) is 5.32. The van der Waals surface area contributed by atoms with E-state index in [0.717, 1.165) is 83.2 Å². The molecular formula is C44H56N4O5S. The first kappa shape index (κ1) is 40.8. The van der Waals surface area contributed by atoms with E-state index in [4.69, 9.17) is 14.2 Å². The summed E-state index contributed by atoms with van der Waals surface area (Å²) in [5, 5.41) is 3.15. The van der Waals surface area contributed by atoms with Gasteiger partial charge in [-0.3, -0.25) is 19.6 Å². The zero-order chi connectivity index (χ0) is 38.2. The predicted molar refractivity (Wildman–Crippen MR) is 223 cm³/mol. The Morgan fingerprint density at radius 2 is 1.69 bits per heavy atom. The van der Waals surface area contributed by atoms with Crippen LogP contribution in [0.15, 0.2) is 87.2 Å². The molecule has 0 saturated heterocycles. The van der Waals surface area contributed by atoms with Crippen LogP contribution in [0, 0.1) is 5.92 Å². The Labute approximate surface area is 325 Å². The average molecular weight is 753 g/mol. The molecular weight excluding hydrogens is 697 g/mol. The molecule has 10 heteroatoms. The molecule has 3 aromatic carbocycles. The first-order chi connectivity index (χ1) is 26.3. The van der Waals surface area contributed by atoms with Crippen molar-refractivity contribution in [1.29, 1.82) is 0 Å². The number of nitrogens with zero attached hydrogens (tertiary/aromatic N) is 3. The summed E-state index contributed by atoms with van der Waals surface area (Å²) in [4.78, 5) is 38.4. The summed E-state index contributed by atoms with van der Waals surface area (Å²) in [7, 11) is 0. The van der Waals surface area contributed by atoms with Crippen LogP contribution >= 0.6 is 11.8 Å². The van der Waals surface area contributed by atoms with Crippen molar-refractivity contribution >= 4 is 53.5 Å². The molecule has 0 radical (unpaired) electrons. The highest BCUT2D eigenvalue weighted by molar-refractivity contribution is 7.99. The zero-order valence-corrected chi connectivity index (χ0v) is 33.2. The summed E-state index contributed by atoms with van der Waals surface area (Å²) in [6, 6.07) is 22.7. The molecule has 9 nitrogen and oxygen atoms in total. The molecule has 0 bridgehead atoms. The van der Waals surface area contributed by atoms with Gasteiger partial charge in [0.15, 0.2) is 5.66 Å². The molecule has 2 aliphatic rings. The summed E-state index contributed by atoms with van der Waals surface area (Å²) in [6.07, 6.45) is 11.0. The minimum Gasteiger partial charge on any atom is -0.491 e. The molecule has 0 aliphatic carbocycles. The molecule has 288 valence electrons. The van der Waals surface area contributed by atoms with Crippen molar-refractivity contribution in [2.45, 2.75) is 83.2 Å². The fourth-order valence-corrected chi connectivity index (χ4v) is 7.57. The number of hydrogen-bond donors (Lipinski definition) is 1. The molecule has 0 spiro atoms. The van der Waals surface area contributed by atoms with Crippen LogP contribution in [0.2, 0.25) is 0 Å². The zero-order valence-electron chi connectivity index (χ0n) is 32.4. The van der Waals surface area contributed by atoms with Crippen LogP contribution in [0.4, 0.5) is 11.4 Å². The van der Waals surface area contributed by atoms with Gasteiger partial charge in [0, 0.05) is 66.1 Å². The van der Waals surface area contributed by atoms with Crippen LogP contribution in [0.5, 0.6) is 5.75 Å². The van der Waals surface area contributed by atoms with Gasteiger partial charge in [-0.2, -0.15) is 0 Å². The minimum atomic E-state index is -0.573. The van der Waals surface area contributed by atoms with Gasteiger partial charge in [0.2, 0.25) is 0 Å². The largest absolute Gasteiger partial charge is 0.491 e. The maximum Gasteiger partial charge on any atom is 0.305 e. The molecule has 0 unspecified atom stereocenters. The van der Waals surface area contributed by atoms with Crippen molar-refractivity contribution < 1.29 is 23.8 Å². The molecule has 3 aromatic rings. The number of anilines is 2. The van der Waals surface area contributed by atoms with Gasteiger partial charge in [-0.1, -0.05) is 45.4 Å². The number of fused-ring (bicyclic) bond motifs is 1. The van der Waals surface area contributed by atoms with E-state index < -0.39 is 5.66 Å². The number of carbonyl (C=O) groups is 2. The first-order valence-electron chi connectivity index (χ1n) is 19.5. The highest BCUT2D eigenvalue weighted by Gasteiger charge is 2.30. The summed E-state index contributed by atoms with van der Waals surface area (Å²) < 4.78 is 16.6. The topological polar surface area (TPSA) is 102 Å². The number of ether oxygens (including phenoxy) is 3. The van der Waals surface area contributed by atoms with Crippen LogP contribution in [0.1, 0.15) is 78.2 Å². The highest BCUT2D eigenvalue weighted by atomic mass is 32.2. The second-order valence-electron chi connectivity index (χ2n) is 14.2. The van der Waals surface area contributed by atoms with Crippen molar-refractivity contribution in [3.8, 4) is 16.9 Å². The molecule has 1 N–H and O–H groups in total. The van der Waals surface area contributed by atoms with E-state index in [1.165, 1.54) is 0 Å². The normalized spacial score (nSPS) is 14.7. The van der Waals surface area contributed by atoms with Gasteiger partial charge in [-0.25, -0.2) is 0 Å². The van der Waals surface area contributed by atoms with Crippen LogP contribution in [0.3, 0.4) is 0 Å². The lowest BCUT2D eigenvalue weighted by Crippen LogP contribution is -2.30. The Balaban J connectivity index is 1.24. The van der Waals surface area contributed by atoms with E-state index in [2.05, 4.69) is 77.4 Å². The maximum atomic E-state index is 13.8. The Morgan fingerprint density at radius 3 is 2.41 bits per heavy atom. The quantitative estimate of drug-likeness (QED) is 0.0697. The molecule has 5 rings (SSSR count). The number of thioether (sulfide) groups is 1. The third-order valence-electron chi connectivity index (χ3n) is 9.32. The van der Waals surface area contributed by atoms with Crippen LogP contribution in [0.25, 0.3) is 17.2 Å². The lowest BCUT2D eigenvalue weighted by Gasteiger charge is -2.30. The standard InChI is InChI=1S/C44H56N4O5S/c1-5-7-26-51-27-28-53-39-17-12-34(13-18-39)35-14-21-41-37(29-35)30-36(10-9-25-48(41)31-33(3)4)43(50)47-38-15-19-40(20-16-38)54-32-44(45-23-24-46-44)22-8-11-42(49)52-6-2/h12-21,23-24,29-30,33H,5-11,22,25-28,31-32H2,1-4H3,(H,47,50). The fraction of sp³-hybridized carbons (Fsp3) is 0.455. The first-order valence-corrected chi connectivity index (χ1v) is 20.5. The molecule has 54 heavy (non-hydrogen) atoms. The number of rotatable bonds is 20. The van der Waals surface area contributed by atoms with E-state index in [-0.39, 0.29) is 11.9 Å². The molecule has 2 heterocycles. The highest BCUT2D eigenvalue weighted by Crippen LogP contribution is 2.35. The number of aliphatic imine (C=N–C) groups is 2. The lowest BCUT2D eigenvalue weighted by atomic mass is 9.96. The monoisotopic (exact) mass is 752 g/mol. The number of amides is 1. The predicted octanol–water partition coefficient (Wildman–Crippen LogP) is 9.50. The summed E-state index contributed by atoms with van der Waals surface area (Å²) in [5.74, 6) is 1.72. The number of unbranched alkanes of at least 4 members (excludes halogenated alkanes) is 1. The fourth-order valence-electron chi connectivity index (χ4n) is 6.55. The van der Waals surface area contributed by atoms with E-state index in [1.807, 2.05) is 43.3 Å². The third kappa shape index (κ3) is 12.3. The average Bonchev–Trinajstić information content (AvgIpc) is 3.63. The Morgan fingerprint density at radius 1 is 0.926 bits per heavy atom. The van der Waals surface area contributed by atoms with Crippen molar-refractivity contribution in [2.24, 2.45) is 15.9 Å². The van der Waals surface area contributed by atoms with Crippen molar-refractivity contribution in [3.63, 3.8) is 0 Å². The van der Waals surface area contributed by atoms with Crippen molar-refractivity contribution in [2.75, 3.05) is 55.5 Å². The SMILES string of the molecule is CCCCOCCOc1ccc(-c2ccc3c(c2)C=C(C(=O)Nc2ccc(SCC4(CCCC(=O)OCC)N=CC=N4)cc2)CCCN3CC(C)C)cc1. The number of carbonyl (C=O) groups excluding carboxylic acids is 2. The molecule has 0 aromatic heterocycles. The second kappa shape index (κ2) is 20.9. The molecule has 0 fully saturated rings. The molecule has 2 aliphatic heterocycles. The van der Waals surface area contributed by atoms with Crippen molar-refractivity contribution in [3.05, 3.63) is 77.9 Å². The van der Waals surface area contributed by atoms with Gasteiger partial charge in [0.25, 0.3) is 5.91 Å². The Bertz CT molecular complexity index is 1740. The van der Waals surface area contributed by atoms with Crippen molar-refractivity contribution in [1.82, 2.24) is 0 Å². The number of hydrogen-bond acceptors (Lipinski definition) is 9. The lowest BCUT2D eigenvalue weighted by molar-refractivity contribution is -0.143. The van der Waals surface area contributed by atoms with Crippen LogP contribution in [-0.2, 0) is 19.1 Å². The van der Waals surface area contributed by atoms with Gasteiger partial charge in [0.05, 0.1) is 13.2 Å². The van der Waals surface area contributed by atoms with Crippen LogP contribution in [-0.4, -0.2) is 75.2 Å². The number of nitrogens with one attached hydrogen (secondary N) is 1. The van der Waals surface area contributed by atoms with Gasteiger partial charge >= 0.3 is 5.97 Å². The van der Waals surface area contributed by atoms with Gasteiger partial charge in [-0.05, 0) is 116 Å². The number of benzene rings is 3. The number of esters is 1. The summed E-state index contributed by atoms with van der Waals surface area (Å²) in [6.45, 7) is 12.6. The molecule has 1 amide bonds. The van der Waals surface area contributed by atoms with E-state index in [9.17, 15) is 9.59 Å². The maximum absolute atomic E-state index is 13.8. The Kier molecular flexibility index (Phi) is 15.8. The molecule has 0 saturated carbocycles. The minimum absolute atomic E-state index is 0.0839. The summed E-state index contributed by atoms with van der Waals surface area (Å²) >= 11 is 1.67. The van der Waals surface area contributed by atoms with Crippen LogP contribution < -0.4 is 15.0 Å². The van der Waals surface area contributed by atoms with Gasteiger partial charge in [-0.15, -0.1) is 11.8 Å². The smallest absolute Gasteiger partial charge is 0.305 e. The van der Waals surface area contributed by atoms with Gasteiger partial charge in [0.1, 0.15) is 12.4 Å². The van der Waals surface area contributed by atoms with E-state index in [1.54, 1.807) is 24.2 Å². The molecule has 0 atom stereocenters. The van der Waals surface area contributed by atoms with E-state index >= 15 is 0 Å². The second-order valence-corrected chi connectivity index (χ2v) is 15.2. The Hall–Kier alpha value is -4.41. The van der Waals surface area contributed by atoms with E-state index in [0.29, 0.717) is 57.2 Å².